The summed E-state index contributed by atoms with van der Waals surface area (Å²) in [7, 11) is 2.52. The third kappa shape index (κ3) is 2.47. The summed E-state index contributed by atoms with van der Waals surface area (Å²) in [5.41, 5.74) is -0.907. The van der Waals surface area contributed by atoms with Gasteiger partial charge in [-0.2, -0.15) is 0 Å². The van der Waals surface area contributed by atoms with E-state index in [2.05, 4.69) is 4.98 Å². The Morgan fingerprint density at radius 3 is 2.28 bits per heavy atom. The van der Waals surface area contributed by atoms with E-state index in [-0.39, 0.29) is 12.2 Å². The van der Waals surface area contributed by atoms with Crippen molar-refractivity contribution < 1.29 is 28.6 Å². The number of ketones is 1. The summed E-state index contributed by atoms with van der Waals surface area (Å²) in [5, 5.41) is 0. The molecule has 0 amide bonds. The van der Waals surface area contributed by atoms with Crippen molar-refractivity contribution >= 4 is 17.7 Å². The van der Waals surface area contributed by atoms with Crippen LogP contribution in [-0.4, -0.2) is 36.9 Å². The van der Waals surface area contributed by atoms with Crippen LogP contribution in [0.3, 0.4) is 0 Å². The number of aromatic nitrogens is 1. The molecule has 4 rings (SSSR count). The number of ether oxygens (including phenoxy) is 3. The van der Waals surface area contributed by atoms with Crippen LogP contribution in [0.5, 0.6) is 0 Å². The number of hydrogen-bond donors (Lipinski definition) is 0. The van der Waals surface area contributed by atoms with Crippen LogP contribution in [0, 0.1) is 11.8 Å². The molecule has 3 heterocycles. The highest BCUT2D eigenvalue weighted by Gasteiger charge is 2.76. The smallest absolute Gasteiger partial charge is 0.313 e. The second-order valence-electron chi connectivity index (χ2n) is 7.37. The number of nitrogens with zero attached hydrogens (tertiary/aromatic N) is 1. The van der Waals surface area contributed by atoms with Crippen molar-refractivity contribution in [3.05, 3.63) is 65.5 Å². The quantitative estimate of drug-likeness (QED) is 0.716. The molecule has 7 nitrogen and oxygen atoms in total. The Balaban J connectivity index is 2.09. The van der Waals surface area contributed by atoms with E-state index in [1.165, 1.54) is 21.1 Å². The van der Waals surface area contributed by atoms with E-state index in [0.717, 1.165) is 0 Å². The highest BCUT2D eigenvalue weighted by Crippen LogP contribution is 2.67. The Hall–Kier alpha value is -3.06. The van der Waals surface area contributed by atoms with Crippen molar-refractivity contribution in [2.75, 3.05) is 14.2 Å². The van der Waals surface area contributed by atoms with Gasteiger partial charge < -0.3 is 14.2 Å². The third-order valence-electron chi connectivity index (χ3n) is 5.85. The lowest BCUT2D eigenvalue weighted by molar-refractivity contribution is -0.161. The molecule has 2 aliphatic rings. The van der Waals surface area contributed by atoms with Crippen LogP contribution in [0.15, 0.2) is 48.7 Å². The van der Waals surface area contributed by atoms with Gasteiger partial charge in [-0.1, -0.05) is 36.4 Å². The van der Waals surface area contributed by atoms with E-state index in [1.807, 2.05) is 36.4 Å². The number of benzene rings is 1. The van der Waals surface area contributed by atoms with Gasteiger partial charge in [-0.25, -0.2) is 0 Å². The van der Waals surface area contributed by atoms with Gasteiger partial charge in [0, 0.05) is 18.2 Å². The maximum absolute atomic E-state index is 13.0. The van der Waals surface area contributed by atoms with Gasteiger partial charge in [0.15, 0.2) is 0 Å². The van der Waals surface area contributed by atoms with Gasteiger partial charge in [0.2, 0.25) is 0 Å². The summed E-state index contributed by atoms with van der Waals surface area (Å²) in [5.74, 6) is -3.55. The summed E-state index contributed by atoms with van der Waals surface area (Å²) >= 11 is 0. The fourth-order valence-corrected chi connectivity index (χ4v) is 4.94. The molecule has 2 bridgehead atoms. The molecule has 0 N–H and O–H groups in total. The highest BCUT2D eigenvalue weighted by molar-refractivity contribution is 5.89. The summed E-state index contributed by atoms with van der Waals surface area (Å²) in [4.78, 5) is 42.7. The van der Waals surface area contributed by atoms with E-state index in [1.54, 1.807) is 12.3 Å². The predicted molar refractivity (Wildman–Crippen MR) is 101 cm³/mol. The maximum atomic E-state index is 13.0. The average Bonchev–Trinajstić information content (AvgIpc) is 3.20. The standard InChI is InChI=1S/C22H21NO6/c1-13(24)12-21-16(19(25)27-2)17(20(26)28-3)22(29-21,14-8-5-4-6-9-14)15-10-7-11-23-18(15)21/h4-11,16-17H,12H2,1-3H3/t16-,17+,21+,22+/m0/s1. The fourth-order valence-electron chi connectivity index (χ4n) is 4.94. The number of fused-ring (bicyclic) bond motifs is 5. The van der Waals surface area contributed by atoms with E-state index in [9.17, 15) is 14.4 Å². The van der Waals surface area contributed by atoms with Gasteiger partial charge in [-0.05, 0) is 18.6 Å². The first-order valence-corrected chi connectivity index (χ1v) is 9.29. The van der Waals surface area contributed by atoms with Crippen molar-refractivity contribution in [3.8, 4) is 0 Å². The van der Waals surface area contributed by atoms with E-state index in [4.69, 9.17) is 14.2 Å². The van der Waals surface area contributed by atoms with Crippen molar-refractivity contribution in [3.63, 3.8) is 0 Å². The number of esters is 2. The summed E-state index contributed by atoms with van der Waals surface area (Å²) < 4.78 is 16.7. The molecule has 1 saturated heterocycles. The summed E-state index contributed by atoms with van der Waals surface area (Å²) in [6, 6.07) is 12.7. The van der Waals surface area contributed by atoms with Gasteiger partial charge in [0.1, 0.15) is 28.8 Å². The molecule has 1 fully saturated rings. The number of carbonyl (C=O) groups excluding carboxylic acids is 3. The van der Waals surface area contributed by atoms with Gasteiger partial charge in [0.25, 0.3) is 0 Å². The van der Waals surface area contributed by atoms with Gasteiger partial charge >= 0.3 is 11.9 Å². The molecule has 2 aromatic rings. The molecule has 0 saturated carbocycles. The molecule has 0 aliphatic carbocycles. The van der Waals surface area contributed by atoms with Gasteiger partial charge in [-0.15, -0.1) is 0 Å². The number of methoxy groups -OCH3 is 2. The molecule has 29 heavy (non-hydrogen) atoms. The minimum absolute atomic E-state index is 0.112. The molecule has 0 spiro atoms. The predicted octanol–water partition coefficient (Wildman–Crippen LogP) is 2.12. The average molecular weight is 395 g/mol. The zero-order chi connectivity index (χ0) is 20.8. The van der Waals surface area contributed by atoms with E-state index in [0.29, 0.717) is 16.8 Å². The lowest BCUT2D eigenvalue weighted by Gasteiger charge is -2.36. The Morgan fingerprint density at radius 2 is 1.66 bits per heavy atom. The largest absolute Gasteiger partial charge is 0.469 e. The van der Waals surface area contributed by atoms with Crippen LogP contribution in [-0.2, 0) is 39.8 Å². The van der Waals surface area contributed by atoms with Gasteiger partial charge in [-0.3, -0.25) is 19.4 Å². The topological polar surface area (TPSA) is 91.8 Å². The van der Waals surface area contributed by atoms with E-state index < -0.39 is 35.0 Å². The lowest BCUT2D eigenvalue weighted by atomic mass is 9.62. The third-order valence-corrected chi connectivity index (χ3v) is 5.85. The van der Waals surface area contributed by atoms with Crippen LogP contribution in [0.2, 0.25) is 0 Å². The molecular formula is C22H21NO6. The molecule has 1 aromatic carbocycles. The molecule has 7 heteroatoms. The molecule has 4 atom stereocenters. The number of carbonyl (C=O) groups is 3. The summed E-state index contributed by atoms with van der Waals surface area (Å²) in [6.07, 6.45) is 1.48. The van der Waals surface area contributed by atoms with Crippen molar-refractivity contribution in [2.45, 2.75) is 24.5 Å². The molecule has 1 aromatic heterocycles. The monoisotopic (exact) mass is 395 g/mol. The number of Topliss-reactive ketones (excluding diaryl/α,β-unsaturated/α-hetero) is 1. The van der Waals surface area contributed by atoms with Crippen LogP contribution < -0.4 is 0 Å². The zero-order valence-electron chi connectivity index (χ0n) is 16.4. The second-order valence-corrected chi connectivity index (χ2v) is 7.37. The fraction of sp³-hybridized carbons (Fsp3) is 0.364. The number of pyridine rings is 1. The minimum Gasteiger partial charge on any atom is -0.469 e. The Kier molecular flexibility index (Phi) is 4.50. The first-order chi connectivity index (χ1) is 13.9. The molecular weight excluding hydrogens is 374 g/mol. The van der Waals surface area contributed by atoms with Crippen molar-refractivity contribution in [2.24, 2.45) is 11.8 Å². The Bertz CT molecular complexity index is 990. The zero-order valence-corrected chi connectivity index (χ0v) is 16.4. The van der Waals surface area contributed by atoms with Crippen LogP contribution in [0.1, 0.15) is 30.2 Å². The molecule has 0 radical (unpaired) electrons. The normalized spacial score (nSPS) is 29.2. The number of rotatable bonds is 5. The van der Waals surface area contributed by atoms with Crippen LogP contribution >= 0.6 is 0 Å². The van der Waals surface area contributed by atoms with Crippen molar-refractivity contribution in [1.29, 1.82) is 0 Å². The van der Waals surface area contributed by atoms with E-state index >= 15 is 0 Å². The van der Waals surface area contributed by atoms with Crippen LogP contribution in [0.4, 0.5) is 0 Å². The minimum atomic E-state index is -1.41. The van der Waals surface area contributed by atoms with Gasteiger partial charge in [0.05, 0.1) is 19.9 Å². The lowest BCUT2D eigenvalue weighted by Crippen LogP contribution is -2.49. The first kappa shape index (κ1) is 19.3. The maximum Gasteiger partial charge on any atom is 0.313 e. The Labute approximate surface area is 168 Å². The number of hydrogen-bond acceptors (Lipinski definition) is 7. The first-order valence-electron chi connectivity index (χ1n) is 9.29. The molecule has 2 aliphatic heterocycles. The molecule has 150 valence electrons. The SMILES string of the molecule is COC(=O)[C@@H]1[C@H](C(=O)OC)[C@]2(c3ccccc3)O[C@@]1(CC(C)=O)c1ncccc12. The molecule has 0 unspecified atom stereocenters. The van der Waals surface area contributed by atoms with Crippen molar-refractivity contribution in [1.82, 2.24) is 4.98 Å². The van der Waals surface area contributed by atoms with Crippen LogP contribution in [0.25, 0.3) is 0 Å². The second kappa shape index (κ2) is 6.77. The Morgan fingerprint density at radius 1 is 1.00 bits per heavy atom. The highest BCUT2D eigenvalue weighted by atomic mass is 16.6. The summed E-state index contributed by atoms with van der Waals surface area (Å²) in [6.45, 7) is 1.42.